The van der Waals surface area contributed by atoms with Crippen LogP contribution in [0.2, 0.25) is 5.02 Å². The lowest BCUT2D eigenvalue weighted by Gasteiger charge is -2.23. The Kier molecular flexibility index (Phi) is 7.05. The third-order valence-electron chi connectivity index (χ3n) is 5.45. The average Bonchev–Trinajstić information content (AvgIpc) is 3.41. The van der Waals surface area contributed by atoms with Gasteiger partial charge in [-0.15, -0.1) is 0 Å². The van der Waals surface area contributed by atoms with E-state index in [4.69, 9.17) is 21.6 Å². The molecule has 4 rings (SSSR count). The molecule has 1 atom stereocenters. The van der Waals surface area contributed by atoms with Crippen LogP contribution in [0.15, 0.2) is 36.5 Å². The maximum absolute atomic E-state index is 6.48. The van der Waals surface area contributed by atoms with E-state index in [2.05, 4.69) is 41.3 Å². The van der Waals surface area contributed by atoms with Crippen LogP contribution >= 0.6 is 22.9 Å². The summed E-state index contributed by atoms with van der Waals surface area (Å²) in [4.78, 5) is 17.6. The first kappa shape index (κ1) is 22.0. The van der Waals surface area contributed by atoms with Crippen molar-refractivity contribution in [2.24, 2.45) is 0 Å². The van der Waals surface area contributed by atoms with Gasteiger partial charge in [-0.1, -0.05) is 48.1 Å². The van der Waals surface area contributed by atoms with Gasteiger partial charge in [0.15, 0.2) is 5.13 Å². The SMILES string of the molecule is CCN1CCC[C@@H]1CNc1nc(-c2cnc(NC(C)C)s2)cc(-c2ccccc2Cl)n1. The van der Waals surface area contributed by atoms with Crippen molar-refractivity contribution in [3.63, 3.8) is 0 Å². The molecule has 3 aromatic rings. The molecule has 0 amide bonds. The number of hydrogen-bond acceptors (Lipinski definition) is 7. The number of benzene rings is 1. The van der Waals surface area contributed by atoms with Crippen LogP contribution in [0.5, 0.6) is 0 Å². The predicted octanol–water partition coefficient (Wildman–Crippen LogP) is 5.64. The van der Waals surface area contributed by atoms with Gasteiger partial charge in [0.2, 0.25) is 5.95 Å². The Morgan fingerprint density at radius 2 is 2.03 bits per heavy atom. The molecular weight excluding hydrogens is 428 g/mol. The number of hydrogen-bond donors (Lipinski definition) is 2. The van der Waals surface area contributed by atoms with Crippen LogP contribution in [0.25, 0.3) is 21.8 Å². The Hall–Kier alpha value is -2.22. The molecule has 0 unspecified atom stereocenters. The summed E-state index contributed by atoms with van der Waals surface area (Å²) in [5.74, 6) is 0.627. The second-order valence-electron chi connectivity index (χ2n) is 8.08. The number of nitrogens with zero attached hydrogens (tertiary/aromatic N) is 4. The smallest absolute Gasteiger partial charge is 0.223 e. The van der Waals surface area contributed by atoms with Crippen LogP contribution < -0.4 is 10.6 Å². The van der Waals surface area contributed by atoms with Crippen molar-refractivity contribution < 1.29 is 0 Å². The van der Waals surface area contributed by atoms with Gasteiger partial charge < -0.3 is 10.6 Å². The number of aromatic nitrogens is 3. The molecule has 0 saturated carbocycles. The number of nitrogens with one attached hydrogen (secondary N) is 2. The molecule has 0 aliphatic carbocycles. The zero-order chi connectivity index (χ0) is 21.8. The molecule has 2 N–H and O–H groups in total. The molecule has 1 saturated heterocycles. The average molecular weight is 457 g/mol. The number of thiazole rings is 1. The normalized spacial score (nSPS) is 16.7. The number of anilines is 2. The molecule has 6 nitrogen and oxygen atoms in total. The van der Waals surface area contributed by atoms with Crippen molar-refractivity contribution in [2.45, 2.75) is 45.7 Å². The van der Waals surface area contributed by atoms with Crippen molar-refractivity contribution in [1.82, 2.24) is 19.9 Å². The molecular formula is C23H29ClN6S. The molecule has 1 aromatic carbocycles. The van der Waals surface area contributed by atoms with Crippen molar-refractivity contribution in [2.75, 3.05) is 30.3 Å². The lowest BCUT2D eigenvalue weighted by Crippen LogP contribution is -2.34. The highest BCUT2D eigenvalue weighted by molar-refractivity contribution is 7.18. The summed E-state index contributed by atoms with van der Waals surface area (Å²) in [5.41, 5.74) is 2.56. The molecule has 0 bridgehead atoms. The lowest BCUT2D eigenvalue weighted by molar-refractivity contribution is 0.277. The Labute approximate surface area is 193 Å². The summed E-state index contributed by atoms with van der Waals surface area (Å²) in [7, 11) is 0. The topological polar surface area (TPSA) is 66.0 Å². The van der Waals surface area contributed by atoms with Crippen LogP contribution in [-0.2, 0) is 0 Å². The minimum Gasteiger partial charge on any atom is -0.359 e. The van der Waals surface area contributed by atoms with E-state index in [0.29, 0.717) is 23.1 Å². The summed E-state index contributed by atoms with van der Waals surface area (Å²) >= 11 is 8.08. The first-order valence-corrected chi connectivity index (χ1v) is 12.1. The Bertz CT molecular complexity index is 1020. The molecule has 0 radical (unpaired) electrons. The van der Waals surface area contributed by atoms with Crippen LogP contribution in [-0.4, -0.2) is 51.6 Å². The highest BCUT2D eigenvalue weighted by Gasteiger charge is 2.23. The zero-order valence-electron chi connectivity index (χ0n) is 18.2. The van der Waals surface area contributed by atoms with Gasteiger partial charge in [0.1, 0.15) is 0 Å². The highest BCUT2D eigenvalue weighted by Crippen LogP contribution is 2.33. The van der Waals surface area contributed by atoms with E-state index in [1.54, 1.807) is 11.3 Å². The van der Waals surface area contributed by atoms with Crippen molar-refractivity contribution in [3.05, 3.63) is 41.6 Å². The molecule has 1 aliphatic heterocycles. The molecule has 0 spiro atoms. The third kappa shape index (κ3) is 5.34. The molecule has 2 aromatic heterocycles. The number of rotatable bonds is 8. The molecule has 3 heterocycles. The van der Waals surface area contributed by atoms with Gasteiger partial charge in [0.05, 0.1) is 16.3 Å². The van der Waals surface area contributed by atoms with Gasteiger partial charge in [-0.25, -0.2) is 15.0 Å². The van der Waals surface area contributed by atoms with Gasteiger partial charge in [-0.3, -0.25) is 4.90 Å². The fourth-order valence-corrected chi connectivity index (χ4v) is 5.07. The fourth-order valence-electron chi connectivity index (χ4n) is 3.92. The fraction of sp³-hybridized carbons (Fsp3) is 0.435. The van der Waals surface area contributed by atoms with Gasteiger partial charge in [0, 0.05) is 35.4 Å². The third-order valence-corrected chi connectivity index (χ3v) is 6.73. The summed E-state index contributed by atoms with van der Waals surface area (Å²) < 4.78 is 0. The summed E-state index contributed by atoms with van der Waals surface area (Å²) in [5, 5.41) is 8.42. The van der Waals surface area contributed by atoms with E-state index in [0.717, 1.165) is 40.0 Å². The van der Waals surface area contributed by atoms with E-state index in [1.165, 1.54) is 19.4 Å². The van der Waals surface area contributed by atoms with E-state index >= 15 is 0 Å². The van der Waals surface area contributed by atoms with E-state index in [1.807, 2.05) is 36.5 Å². The van der Waals surface area contributed by atoms with Crippen LogP contribution in [0.1, 0.15) is 33.6 Å². The number of halogens is 1. The largest absolute Gasteiger partial charge is 0.359 e. The van der Waals surface area contributed by atoms with Crippen molar-refractivity contribution >= 4 is 34.0 Å². The predicted molar refractivity (Wildman–Crippen MR) is 131 cm³/mol. The van der Waals surface area contributed by atoms with Gasteiger partial charge in [0.25, 0.3) is 0 Å². The molecule has 1 aliphatic rings. The van der Waals surface area contributed by atoms with Crippen LogP contribution in [0.3, 0.4) is 0 Å². The lowest BCUT2D eigenvalue weighted by atomic mass is 10.1. The van der Waals surface area contributed by atoms with Crippen LogP contribution in [0, 0.1) is 0 Å². The second kappa shape index (κ2) is 9.94. The van der Waals surface area contributed by atoms with Crippen molar-refractivity contribution in [1.29, 1.82) is 0 Å². The number of likely N-dealkylation sites (tertiary alicyclic amines) is 1. The Morgan fingerprint density at radius 3 is 2.81 bits per heavy atom. The van der Waals surface area contributed by atoms with Gasteiger partial charge >= 0.3 is 0 Å². The highest BCUT2D eigenvalue weighted by atomic mass is 35.5. The first-order chi connectivity index (χ1) is 15.0. The minimum atomic E-state index is 0.327. The first-order valence-electron chi connectivity index (χ1n) is 10.9. The van der Waals surface area contributed by atoms with Crippen LogP contribution in [0.4, 0.5) is 11.1 Å². The maximum atomic E-state index is 6.48. The second-order valence-corrected chi connectivity index (χ2v) is 9.51. The Morgan fingerprint density at radius 1 is 1.23 bits per heavy atom. The molecule has 8 heteroatoms. The van der Waals surface area contributed by atoms with E-state index in [9.17, 15) is 0 Å². The Balaban J connectivity index is 1.65. The number of likely N-dealkylation sites (N-methyl/N-ethyl adjacent to an activating group) is 1. The summed E-state index contributed by atoms with van der Waals surface area (Å²) in [6.45, 7) is 9.50. The minimum absolute atomic E-state index is 0.327. The van der Waals surface area contributed by atoms with Gasteiger partial charge in [-0.2, -0.15) is 0 Å². The molecule has 164 valence electrons. The standard InChI is InChI=1S/C23H29ClN6S/c1-4-30-11-7-8-16(30)13-25-22-28-19(17-9-5-6-10-18(17)24)12-20(29-22)21-14-26-23(31-21)27-15(2)3/h5-6,9-10,12,14-16H,4,7-8,11,13H2,1-3H3,(H,26,27)(H,25,28,29)/t16-/m1/s1. The van der Waals surface area contributed by atoms with Gasteiger partial charge in [-0.05, 0) is 51.9 Å². The maximum Gasteiger partial charge on any atom is 0.223 e. The molecule has 31 heavy (non-hydrogen) atoms. The van der Waals surface area contributed by atoms with Crippen molar-refractivity contribution in [3.8, 4) is 21.8 Å². The summed E-state index contributed by atoms with van der Waals surface area (Å²) in [6, 6.07) is 10.6. The van der Waals surface area contributed by atoms with E-state index < -0.39 is 0 Å². The molecule has 1 fully saturated rings. The monoisotopic (exact) mass is 456 g/mol. The zero-order valence-corrected chi connectivity index (χ0v) is 19.8. The van der Waals surface area contributed by atoms with E-state index in [-0.39, 0.29) is 0 Å². The summed E-state index contributed by atoms with van der Waals surface area (Å²) in [6.07, 6.45) is 4.32. The quantitative estimate of drug-likeness (QED) is 0.457.